The van der Waals surface area contributed by atoms with E-state index >= 15 is 0 Å². The molecule has 134 valence electrons. The Balaban J connectivity index is 1.88. The molecular weight excluding hydrogens is 325 g/mol. The Kier molecular flexibility index (Phi) is 5.01. The molecule has 0 atom stereocenters. The number of aromatic nitrogens is 2. The first-order valence-electron chi connectivity index (χ1n) is 8.49. The van der Waals surface area contributed by atoms with Gasteiger partial charge in [0, 0.05) is 18.0 Å². The predicted molar refractivity (Wildman–Crippen MR) is 92.1 cm³/mol. The number of nitrogens with zero attached hydrogens (tertiary/aromatic N) is 2. The van der Waals surface area contributed by atoms with Crippen molar-refractivity contribution in [1.29, 1.82) is 0 Å². The Hall–Kier alpha value is -2.44. The monoisotopic (exact) mass is 347 g/mol. The molecule has 2 aromatic rings. The third kappa shape index (κ3) is 3.36. The minimum absolute atomic E-state index is 0.131. The van der Waals surface area contributed by atoms with Crippen LogP contribution in [0.5, 0.6) is 5.75 Å². The van der Waals surface area contributed by atoms with Gasteiger partial charge in [-0.1, -0.05) is 12.8 Å². The van der Waals surface area contributed by atoms with Crippen molar-refractivity contribution in [2.75, 3.05) is 25.6 Å². The van der Waals surface area contributed by atoms with Gasteiger partial charge < -0.3 is 14.8 Å². The summed E-state index contributed by atoms with van der Waals surface area (Å²) in [7, 11) is 1.41. The summed E-state index contributed by atoms with van der Waals surface area (Å²) >= 11 is 0. The first-order valence-corrected chi connectivity index (χ1v) is 8.49. The highest BCUT2D eigenvalue weighted by molar-refractivity contribution is 5.90. The number of halogens is 1. The number of methoxy groups -OCH3 is 1. The number of nitrogens with one attached hydrogen (secondary N) is 1. The average Bonchev–Trinajstić information content (AvgIpc) is 3.09. The minimum atomic E-state index is -0.530. The van der Waals surface area contributed by atoms with Crippen LogP contribution in [0.15, 0.2) is 18.5 Å². The number of hydrogen-bond donors (Lipinski definition) is 1. The standard InChI is InChI=1S/C18H22FN3O3/c1-3-25-17(23)18(6-4-5-7-18)10-20-16-12-8-15(24-2)13(19)9-14(12)21-11-22-16/h8-9,11H,3-7,10H2,1-2H3,(H,20,21,22). The smallest absolute Gasteiger partial charge is 0.313 e. The topological polar surface area (TPSA) is 73.3 Å². The van der Waals surface area contributed by atoms with E-state index in [1.807, 2.05) is 6.92 Å². The molecule has 1 saturated carbocycles. The largest absolute Gasteiger partial charge is 0.494 e. The highest BCUT2D eigenvalue weighted by atomic mass is 19.1. The van der Waals surface area contributed by atoms with Gasteiger partial charge >= 0.3 is 5.97 Å². The molecule has 0 spiro atoms. The number of benzene rings is 1. The summed E-state index contributed by atoms with van der Waals surface area (Å²) in [4.78, 5) is 20.8. The molecule has 25 heavy (non-hydrogen) atoms. The van der Waals surface area contributed by atoms with Crippen LogP contribution in [0.4, 0.5) is 10.2 Å². The number of esters is 1. The van der Waals surface area contributed by atoms with Crippen LogP contribution >= 0.6 is 0 Å². The molecule has 0 amide bonds. The summed E-state index contributed by atoms with van der Waals surface area (Å²) in [6.07, 6.45) is 4.97. The van der Waals surface area contributed by atoms with Crippen molar-refractivity contribution in [2.45, 2.75) is 32.6 Å². The number of anilines is 1. The Labute approximate surface area is 145 Å². The molecule has 1 N–H and O–H groups in total. The number of hydrogen-bond acceptors (Lipinski definition) is 6. The van der Waals surface area contributed by atoms with Crippen LogP contribution in [0.2, 0.25) is 0 Å². The van der Waals surface area contributed by atoms with E-state index in [0.29, 0.717) is 29.9 Å². The summed E-state index contributed by atoms with van der Waals surface area (Å²) in [5.41, 5.74) is -0.0513. The van der Waals surface area contributed by atoms with Crippen molar-refractivity contribution in [3.63, 3.8) is 0 Å². The fourth-order valence-corrected chi connectivity index (χ4v) is 3.40. The summed E-state index contributed by atoms with van der Waals surface area (Å²) < 4.78 is 24.2. The average molecular weight is 347 g/mol. The van der Waals surface area contributed by atoms with Gasteiger partial charge in [0.25, 0.3) is 0 Å². The number of carbonyl (C=O) groups excluding carboxylic acids is 1. The predicted octanol–water partition coefficient (Wildman–Crippen LogP) is 3.31. The normalized spacial score (nSPS) is 16.0. The fourth-order valence-electron chi connectivity index (χ4n) is 3.40. The summed E-state index contributed by atoms with van der Waals surface area (Å²) in [6, 6.07) is 2.89. The van der Waals surface area contributed by atoms with E-state index in [4.69, 9.17) is 9.47 Å². The van der Waals surface area contributed by atoms with Crippen molar-refractivity contribution < 1.29 is 18.7 Å². The molecule has 1 fully saturated rings. The Morgan fingerprint density at radius 2 is 2.08 bits per heavy atom. The third-order valence-electron chi connectivity index (χ3n) is 4.77. The van der Waals surface area contributed by atoms with Crippen LogP contribution in [0.1, 0.15) is 32.6 Å². The van der Waals surface area contributed by atoms with E-state index < -0.39 is 11.2 Å². The molecule has 1 aliphatic rings. The number of carbonyl (C=O) groups is 1. The first-order chi connectivity index (χ1) is 12.1. The maximum absolute atomic E-state index is 13.9. The van der Waals surface area contributed by atoms with Gasteiger partial charge in [0.2, 0.25) is 0 Å². The Morgan fingerprint density at radius 3 is 2.76 bits per heavy atom. The fraction of sp³-hybridized carbons (Fsp3) is 0.500. The Morgan fingerprint density at radius 1 is 1.32 bits per heavy atom. The van der Waals surface area contributed by atoms with E-state index in [1.165, 1.54) is 19.5 Å². The lowest BCUT2D eigenvalue weighted by atomic mass is 9.86. The molecule has 3 rings (SSSR count). The lowest BCUT2D eigenvalue weighted by Gasteiger charge is -2.27. The van der Waals surface area contributed by atoms with Crippen molar-refractivity contribution >= 4 is 22.7 Å². The van der Waals surface area contributed by atoms with E-state index in [2.05, 4.69) is 15.3 Å². The molecular formula is C18H22FN3O3. The van der Waals surface area contributed by atoms with Crippen molar-refractivity contribution in [3.05, 3.63) is 24.3 Å². The lowest BCUT2D eigenvalue weighted by Crippen LogP contribution is -2.37. The molecule has 0 saturated heterocycles. The molecule has 6 nitrogen and oxygen atoms in total. The summed E-state index contributed by atoms with van der Waals surface area (Å²) in [5.74, 6) is 0.0469. The van der Waals surface area contributed by atoms with Gasteiger partial charge in [-0.2, -0.15) is 0 Å². The van der Waals surface area contributed by atoms with E-state index in [0.717, 1.165) is 25.7 Å². The van der Waals surface area contributed by atoms with Crippen molar-refractivity contribution in [2.24, 2.45) is 5.41 Å². The van der Waals surface area contributed by atoms with E-state index in [1.54, 1.807) is 6.07 Å². The van der Waals surface area contributed by atoms with Gasteiger partial charge in [0.1, 0.15) is 12.1 Å². The molecule has 0 aliphatic heterocycles. The quantitative estimate of drug-likeness (QED) is 0.808. The molecule has 0 unspecified atom stereocenters. The van der Waals surface area contributed by atoms with Crippen LogP contribution in [-0.2, 0) is 9.53 Å². The van der Waals surface area contributed by atoms with Gasteiger partial charge in [0.15, 0.2) is 11.6 Å². The molecule has 1 aromatic carbocycles. The first kappa shape index (κ1) is 17.4. The molecule has 0 bridgehead atoms. The maximum atomic E-state index is 13.9. The second kappa shape index (κ2) is 7.21. The van der Waals surface area contributed by atoms with Gasteiger partial charge in [-0.3, -0.25) is 4.79 Å². The zero-order chi connectivity index (χ0) is 17.9. The van der Waals surface area contributed by atoms with Gasteiger partial charge in [-0.05, 0) is 25.8 Å². The van der Waals surface area contributed by atoms with Crippen LogP contribution in [0, 0.1) is 11.2 Å². The zero-order valence-corrected chi connectivity index (χ0v) is 14.5. The van der Waals surface area contributed by atoms with E-state index in [9.17, 15) is 9.18 Å². The van der Waals surface area contributed by atoms with Crippen LogP contribution in [0.25, 0.3) is 10.9 Å². The number of ether oxygens (including phenoxy) is 2. The minimum Gasteiger partial charge on any atom is -0.494 e. The van der Waals surface area contributed by atoms with Crippen molar-refractivity contribution in [1.82, 2.24) is 9.97 Å². The number of rotatable bonds is 6. The maximum Gasteiger partial charge on any atom is 0.313 e. The van der Waals surface area contributed by atoms with Crippen LogP contribution in [-0.4, -0.2) is 36.2 Å². The SMILES string of the molecule is CCOC(=O)C1(CNc2ncnc3cc(F)c(OC)cc23)CCCC1. The molecule has 1 heterocycles. The molecule has 1 aliphatic carbocycles. The third-order valence-corrected chi connectivity index (χ3v) is 4.77. The van der Waals surface area contributed by atoms with Gasteiger partial charge in [-0.25, -0.2) is 14.4 Å². The van der Waals surface area contributed by atoms with Crippen molar-refractivity contribution in [3.8, 4) is 5.75 Å². The highest BCUT2D eigenvalue weighted by Crippen LogP contribution is 2.40. The van der Waals surface area contributed by atoms with E-state index in [-0.39, 0.29) is 11.7 Å². The zero-order valence-electron chi connectivity index (χ0n) is 14.5. The molecule has 1 aromatic heterocycles. The van der Waals surface area contributed by atoms with Crippen LogP contribution < -0.4 is 10.1 Å². The Bertz CT molecular complexity index is 775. The molecule has 7 heteroatoms. The summed E-state index contributed by atoms with van der Waals surface area (Å²) in [6.45, 7) is 2.61. The van der Waals surface area contributed by atoms with Gasteiger partial charge in [0.05, 0.1) is 24.6 Å². The second-order valence-electron chi connectivity index (χ2n) is 6.29. The highest BCUT2D eigenvalue weighted by Gasteiger charge is 2.42. The lowest BCUT2D eigenvalue weighted by molar-refractivity contribution is -0.154. The van der Waals surface area contributed by atoms with Gasteiger partial charge in [-0.15, -0.1) is 0 Å². The van der Waals surface area contributed by atoms with Crippen LogP contribution in [0.3, 0.4) is 0 Å². The number of fused-ring (bicyclic) bond motifs is 1. The summed E-state index contributed by atoms with van der Waals surface area (Å²) in [5, 5.41) is 3.90. The molecule has 0 radical (unpaired) electrons. The second-order valence-corrected chi connectivity index (χ2v) is 6.29.